The molecule has 0 aromatic heterocycles. The number of rotatable bonds is 9. The molecule has 0 radical (unpaired) electrons. The molecule has 0 heterocycles. The van der Waals surface area contributed by atoms with Crippen LogP contribution in [0.5, 0.6) is 5.75 Å². The molecule has 1 N–H and O–H groups in total. The van der Waals surface area contributed by atoms with Crippen LogP contribution in [0.4, 0.5) is 4.79 Å². The van der Waals surface area contributed by atoms with E-state index >= 15 is 0 Å². The van der Waals surface area contributed by atoms with E-state index in [4.69, 9.17) is 9.47 Å². The summed E-state index contributed by atoms with van der Waals surface area (Å²) in [6.07, 6.45) is 0.851. The fourth-order valence-electron chi connectivity index (χ4n) is 2.68. The van der Waals surface area contributed by atoms with Crippen LogP contribution in [0.2, 0.25) is 0 Å². The standard InChI is InChI=1S/C22H27NO4/c1-4-8-21(24)17(2)23(15-18-11-13-20(26-3)14-12-18)22(25)27-16-19-9-6-5-7-10-19/h4-7,9-14,17,21,24H,1,8,15-16H2,2-3H3/t17-,21-/m0/s1. The Balaban J connectivity index is 2.11. The van der Waals surface area contributed by atoms with Crippen molar-refractivity contribution >= 4 is 6.09 Å². The van der Waals surface area contributed by atoms with Gasteiger partial charge in [-0.1, -0.05) is 48.5 Å². The summed E-state index contributed by atoms with van der Waals surface area (Å²) in [6, 6.07) is 16.5. The van der Waals surface area contributed by atoms with E-state index in [1.807, 2.05) is 61.5 Å². The first-order chi connectivity index (χ1) is 13.0. The molecule has 0 saturated heterocycles. The lowest BCUT2D eigenvalue weighted by Gasteiger charge is -2.31. The third-order valence-electron chi connectivity index (χ3n) is 4.41. The fourth-order valence-corrected chi connectivity index (χ4v) is 2.68. The zero-order chi connectivity index (χ0) is 19.6. The molecule has 0 saturated carbocycles. The average Bonchev–Trinajstić information content (AvgIpc) is 2.71. The molecule has 0 spiro atoms. The van der Waals surface area contributed by atoms with Crippen molar-refractivity contribution in [3.05, 3.63) is 78.4 Å². The quantitative estimate of drug-likeness (QED) is 0.674. The number of carbonyl (C=O) groups excluding carboxylic acids is 1. The van der Waals surface area contributed by atoms with Crippen molar-refractivity contribution in [1.82, 2.24) is 4.90 Å². The van der Waals surface area contributed by atoms with Gasteiger partial charge in [-0.3, -0.25) is 4.90 Å². The molecule has 2 aromatic rings. The smallest absolute Gasteiger partial charge is 0.410 e. The third kappa shape index (κ3) is 6.15. The molecule has 5 nitrogen and oxygen atoms in total. The molecular formula is C22H27NO4. The minimum Gasteiger partial charge on any atom is -0.497 e. The van der Waals surface area contributed by atoms with Gasteiger partial charge in [0.25, 0.3) is 0 Å². The van der Waals surface area contributed by atoms with E-state index < -0.39 is 18.2 Å². The van der Waals surface area contributed by atoms with Gasteiger partial charge in [-0.2, -0.15) is 0 Å². The number of hydrogen-bond donors (Lipinski definition) is 1. The van der Waals surface area contributed by atoms with E-state index in [0.717, 1.165) is 16.9 Å². The summed E-state index contributed by atoms with van der Waals surface area (Å²) in [5.41, 5.74) is 1.83. The summed E-state index contributed by atoms with van der Waals surface area (Å²) < 4.78 is 10.7. The van der Waals surface area contributed by atoms with Crippen molar-refractivity contribution in [3.8, 4) is 5.75 Å². The Morgan fingerprint density at radius 1 is 1.15 bits per heavy atom. The van der Waals surface area contributed by atoms with Crippen molar-refractivity contribution in [2.45, 2.75) is 38.6 Å². The Kier molecular flexibility index (Phi) is 7.89. The monoisotopic (exact) mass is 369 g/mol. The number of nitrogens with zero attached hydrogens (tertiary/aromatic N) is 1. The Bertz CT molecular complexity index is 715. The number of methoxy groups -OCH3 is 1. The van der Waals surface area contributed by atoms with Crippen LogP contribution in [0.15, 0.2) is 67.3 Å². The zero-order valence-corrected chi connectivity index (χ0v) is 15.9. The minimum absolute atomic E-state index is 0.184. The molecule has 0 aliphatic heterocycles. The molecule has 0 fully saturated rings. The molecule has 27 heavy (non-hydrogen) atoms. The van der Waals surface area contributed by atoms with E-state index in [0.29, 0.717) is 13.0 Å². The lowest BCUT2D eigenvalue weighted by Crippen LogP contribution is -2.44. The summed E-state index contributed by atoms with van der Waals surface area (Å²) >= 11 is 0. The second kappa shape index (κ2) is 10.4. The van der Waals surface area contributed by atoms with E-state index in [9.17, 15) is 9.90 Å². The summed E-state index contributed by atoms with van der Waals surface area (Å²) in [6.45, 7) is 5.97. The fraction of sp³-hybridized carbons (Fsp3) is 0.318. The van der Waals surface area contributed by atoms with E-state index in [1.165, 1.54) is 0 Å². The van der Waals surface area contributed by atoms with E-state index in [2.05, 4.69) is 6.58 Å². The second-order valence-electron chi connectivity index (χ2n) is 6.35. The van der Waals surface area contributed by atoms with Gasteiger partial charge in [0.05, 0.1) is 19.3 Å². The van der Waals surface area contributed by atoms with Gasteiger partial charge in [-0.15, -0.1) is 6.58 Å². The first kappa shape index (κ1) is 20.5. The van der Waals surface area contributed by atoms with Crippen LogP contribution in [-0.2, 0) is 17.9 Å². The van der Waals surface area contributed by atoms with E-state index in [1.54, 1.807) is 18.1 Å². The molecule has 0 aliphatic carbocycles. The number of benzene rings is 2. The van der Waals surface area contributed by atoms with Crippen molar-refractivity contribution in [3.63, 3.8) is 0 Å². The first-order valence-electron chi connectivity index (χ1n) is 8.94. The highest BCUT2D eigenvalue weighted by Crippen LogP contribution is 2.18. The van der Waals surface area contributed by atoms with Crippen LogP contribution < -0.4 is 4.74 Å². The Hall–Kier alpha value is -2.79. The average molecular weight is 369 g/mol. The topological polar surface area (TPSA) is 59.0 Å². The predicted molar refractivity (Wildman–Crippen MR) is 105 cm³/mol. The number of ether oxygens (including phenoxy) is 2. The molecule has 0 aliphatic rings. The summed E-state index contributed by atoms with van der Waals surface area (Å²) in [5.74, 6) is 0.747. The number of aliphatic hydroxyl groups excluding tert-OH is 1. The normalized spacial score (nSPS) is 12.7. The maximum absolute atomic E-state index is 12.7. The number of carbonyl (C=O) groups is 1. The highest BCUT2D eigenvalue weighted by atomic mass is 16.6. The molecule has 0 unspecified atom stereocenters. The lowest BCUT2D eigenvalue weighted by molar-refractivity contribution is 0.0346. The SMILES string of the molecule is C=CC[C@H](O)[C@H](C)N(Cc1ccc(OC)cc1)C(=O)OCc1ccccc1. The Morgan fingerprint density at radius 2 is 1.81 bits per heavy atom. The van der Waals surface area contributed by atoms with Gasteiger partial charge in [0, 0.05) is 6.54 Å². The van der Waals surface area contributed by atoms with E-state index in [-0.39, 0.29) is 6.61 Å². The van der Waals surface area contributed by atoms with Crippen LogP contribution in [-0.4, -0.2) is 35.4 Å². The van der Waals surface area contributed by atoms with Crippen LogP contribution in [0.3, 0.4) is 0 Å². The molecule has 2 rings (SSSR count). The first-order valence-corrected chi connectivity index (χ1v) is 8.94. The van der Waals surface area contributed by atoms with Crippen LogP contribution in [0, 0.1) is 0 Å². The van der Waals surface area contributed by atoms with Gasteiger partial charge in [0.15, 0.2) is 0 Å². The molecule has 1 amide bonds. The molecule has 5 heteroatoms. The van der Waals surface area contributed by atoms with Crippen LogP contribution in [0.1, 0.15) is 24.5 Å². The van der Waals surface area contributed by atoms with Crippen molar-refractivity contribution in [2.75, 3.05) is 7.11 Å². The van der Waals surface area contributed by atoms with Crippen molar-refractivity contribution in [1.29, 1.82) is 0 Å². The van der Waals surface area contributed by atoms with Crippen LogP contribution >= 0.6 is 0 Å². The highest BCUT2D eigenvalue weighted by molar-refractivity contribution is 5.68. The molecular weight excluding hydrogens is 342 g/mol. The minimum atomic E-state index is -0.718. The highest BCUT2D eigenvalue weighted by Gasteiger charge is 2.27. The van der Waals surface area contributed by atoms with Crippen molar-refractivity contribution < 1.29 is 19.4 Å². The van der Waals surface area contributed by atoms with Gasteiger partial charge in [-0.05, 0) is 36.6 Å². The Morgan fingerprint density at radius 3 is 2.41 bits per heavy atom. The maximum Gasteiger partial charge on any atom is 0.410 e. The van der Waals surface area contributed by atoms with Gasteiger partial charge in [0.1, 0.15) is 12.4 Å². The third-order valence-corrected chi connectivity index (χ3v) is 4.41. The molecule has 2 atom stereocenters. The Labute approximate surface area is 160 Å². The molecule has 144 valence electrons. The number of hydrogen-bond acceptors (Lipinski definition) is 4. The number of amides is 1. The summed E-state index contributed by atoms with van der Waals surface area (Å²) in [4.78, 5) is 14.3. The molecule has 2 aromatic carbocycles. The molecule has 0 bridgehead atoms. The van der Waals surface area contributed by atoms with Gasteiger partial charge < -0.3 is 14.6 Å². The lowest BCUT2D eigenvalue weighted by atomic mass is 10.1. The largest absolute Gasteiger partial charge is 0.497 e. The van der Waals surface area contributed by atoms with Gasteiger partial charge in [-0.25, -0.2) is 4.79 Å². The van der Waals surface area contributed by atoms with Crippen LogP contribution in [0.25, 0.3) is 0 Å². The summed E-state index contributed by atoms with van der Waals surface area (Å²) in [5, 5.41) is 10.3. The van der Waals surface area contributed by atoms with Crippen molar-refractivity contribution in [2.24, 2.45) is 0 Å². The second-order valence-corrected chi connectivity index (χ2v) is 6.35. The number of aliphatic hydroxyl groups is 1. The maximum atomic E-state index is 12.7. The zero-order valence-electron chi connectivity index (χ0n) is 15.9. The predicted octanol–water partition coefficient (Wildman–Crippen LogP) is 4.16. The van der Waals surface area contributed by atoms with Gasteiger partial charge in [0.2, 0.25) is 0 Å². The van der Waals surface area contributed by atoms with Gasteiger partial charge >= 0.3 is 6.09 Å². The summed E-state index contributed by atoms with van der Waals surface area (Å²) in [7, 11) is 1.61.